The molecule has 2 unspecified atom stereocenters. The van der Waals surface area contributed by atoms with Gasteiger partial charge in [-0.15, -0.1) is 0 Å². The minimum atomic E-state index is -0.492. The molecule has 0 radical (unpaired) electrons. The highest BCUT2D eigenvalue weighted by molar-refractivity contribution is 6.30. The molecule has 150 valence electrons. The van der Waals surface area contributed by atoms with Crippen LogP contribution in [0.3, 0.4) is 0 Å². The Morgan fingerprint density at radius 2 is 1.89 bits per heavy atom. The Labute approximate surface area is 167 Å². The number of nitrogens with zero attached hydrogens (tertiary/aromatic N) is 1. The number of carbonyl (C=O) groups is 2. The first-order valence-corrected chi connectivity index (χ1v) is 10.0. The largest absolute Gasteiger partial charge is 0.343 e. The molecule has 1 aliphatic heterocycles. The van der Waals surface area contributed by atoms with Crippen LogP contribution >= 0.6 is 11.6 Å². The maximum Gasteiger partial charge on any atom is 0.245 e. The van der Waals surface area contributed by atoms with Gasteiger partial charge in [-0.3, -0.25) is 9.59 Å². The van der Waals surface area contributed by atoms with E-state index < -0.39 is 6.04 Å². The quantitative estimate of drug-likeness (QED) is 0.780. The molecule has 1 heterocycles. The van der Waals surface area contributed by atoms with Crippen LogP contribution in [0.4, 0.5) is 0 Å². The first kappa shape index (κ1) is 21.7. The summed E-state index contributed by atoms with van der Waals surface area (Å²) in [6.45, 7) is 9.92. The van der Waals surface area contributed by atoms with E-state index in [1.807, 2.05) is 30.9 Å². The summed E-state index contributed by atoms with van der Waals surface area (Å²) >= 11 is 6.02. The number of hydrogen-bond acceptors (Lipinski definition) is 3. The van der Waals surface area contributed by atoms with Gasteiger partial charge in [0.15, 0.2) is 0 Å². The summed E-state index contributed by atoms with van der Waals surface area (Å²) in [5, 5.41) is 6.45. The van der Waals surface area contributed by atoms with Gasteiger partial charge in [-0.05, 0) is 48.4 Å². The van der Waals surface area contributed by atoms with Gasteiger partial charge in [-0.2, -0.15) is 0 Å². The Kier molecular flexibility index (Phi) is 7.29. The van der Waals surface area contributed by atoms with E-state index in [-0.39, 0.29) is 29.7 Å². The van der Waals surface area contributed by atoms with Crippen LogP contribution < -0.4 is 10.6 Å². The van der Waals surface area contributed by atoms with Crippen LogP contribution in [0.5, 0.6) is 0 Å². The van der Waals surface area contributed by atoms with Gasteiger partial charge >= 0.3 is 0 Å². The van der Waals surface area contributed by atoms with E-state index >= 15 is 0 Å². The molecule has 1 fully saturated rings. The molecule has 2 amide bonds. The lowest BCUT2D eigenvalue weighted by molar-refractivity contribution is -0.140. The van der Waals surface area contributed by atoms with Crippen molar-refractivity contribution in [2.75, 3.05) is 26.7 Å². The van der Waals surface area contributed by atoms with E-state index in [2.05, 4.69) is 36.6 Å². The lowest BCUT2D eigenvalue weighted by Gasteiger charge is -2.45. The topological polar surface area (TPSA) is 61.4 Å². The average Bonchev–Trinajstić information content (AvgIpc) is 2.59. The molecule has 0 saturated carbocycles. The van der Waals surface area contributed by atoms with Gasteiger partial charge < -0.3 is 15.5 Å². The zero-order chi connectivity index (χ0) is 20.2. The normalized spacial score (nSPS) is 20.4. The average molecular weight is 394 g/mol. The standard InChI is InChI=1S/C21H32ClN3O2/c1-14(2)19(24-18(26)12-23-5)20(27)25-11-10-17(21(3,4)13-25)15-6-8-16(22)9-7-15/h6-9,14,17,19,23H,10-13H2,1-5H3,(H,24,26). The van der Waals surface area contributed by atoms with Crippen molar-refractivity contribution in [1.29, 1.82) is 0 Å². The number of amides is 2. The Hall–Kier alpha value is -1.59. The molecule has 2 N–H and O–H groups in total. The Morgan fingerprint density at radius 3 is 2.41 bits per heavy atom. The summed E-state index contributed by atoms with van der Waals surface area (Å²) in [6, 6.07) is 7.53. The minimum Gasteiger partial charge on any atom is -0.343 e. The van der Waals surface area contributed by atoms with Crippen LogP contribution in [0.15, 0.2) is 24.3 Å². The fraction of sp³-hybridized carbons (Fsp3) is 0.619. The van der Waals surface area contributed by atoms with Crippen LogP contribution in [0, 0.1) is 11.3 Å². The second kappa shape index (κ2) is 9.07. The molecule has 27 heavy (non-hydrogen) atoms. The third-order valence-corrected chi connectivity index (χ3v) is 5.65. The van der Waals surface area contributed by atoms with Gasteiger partial charge in [0, 0.05) is 18.1 Å². The van der Waals surface area contributed by atoms with Gasteiger partial charge in [0.2, 0.25) is 11.8 Å². The Morgan fingerprint density at radius 1 is 1.26 bits per heavy atom. The molecule has 0 aromatic heterocycles. The molecule has 5 nitrogen and oxygen atoms in total. The summed E-state index contributed by atoms with van der Waals surface area (Å²) in [5.41, 5.74) is 1.21. The zero-order valence-corrected chi connectivity index (χ0v) is 17.8. The van der Waals surface area contributed by atoms with Crippen molar-refractivity contribution in [2.45, 2.75) is 46.1 Å². The fourth-order valence-corrected chi connectivity index (χ4v) is 4.08. The van der Waals surface area contributed by atoms with Crippen LogP contribution in [-0.4, -0.2) is 49.4 Å². The van der Waals surface area contributed by atoms with Gasteiger partial charge in [-0.25, -0.2) is 0 Å². The molecule has 1 saturated heterocycles. The van der Waals surface area contributed by atoms with Crippen molar-refractivity contribution < 1.29 is 9.59 Å². The summed E-state index contributed by atoms with van der Waals surface area (Å²) in [5.74, 6) is 0.266. The van der Waals surface area contributed by atoms with E-state index in [1.54, 1.807) is 7.05 Å². The molecule has 0 spiro atoms. The molecule has 2 atom stereocenters. The van der Waals surface area contributed by atoms with Crippen molar-refractivity contribution >= 4 is 23.4 Å². The second-order valence-corrected chi connectivity index (χ2v) is 8.90. The van der Waals surface area contributed by atoms with Crippen molar-refractivity contribution in [3.8, 4) is 0 Å². The SMILES string of the molecule is CNCC(=O)NC(C(=O)N1CCC(c2ccc(Cl)cc2)C(C)(C)C1)C(C)C. The number of likely N-dealkylation sites (N-methyl/N-ethyl adjacent to an activating group) is 1. The summed E-state index contributed by atoms with van der Waals surface area (Å²) in [4.78, 5) is 27.0. The molecule has 1 aromatic carbocycles. The first-order valence-electron chi connectivity index (χ1n) is 9.64. The van der Waals surface area contributed by atoms with E-state index in [1.165, 1.54) is 5.56 Å². The summed E-state index contributed by atoms with van der Waals surface area (Å²) in [7, 11) is 1.72. The van der Waals surface area contributed by atoms with Gasteiger partial charge in [0.1, 0.15) is 6.04 Å². The number of nitrogens with one attached hydrogen (secondary N) is 2. The zero-order valence-electron chi connectivity index (χ0n) is 17.0. The number of likely N-dealkylation sites (tertiary alicyclic amines) is 1. The Bertz CT molecular complexity index is 658. The summed E-state index contributed by atoms with van der Waals surface area (Å²) < 4.78 is 0. The maximum absolute atomic E-state index is 13.1. The number of rotatable bonds is 6. The lowest BCUT2D eigenvalue weighted by Crippen LogP contribution is -2.56. The molecule has 0 bridgehead atoms. The number of halogens is 1. The maximum atomic E-state index is 13.1. The van der Waals surface area contributed by atoms with Crippen LogP contribution in [0.2, 0.25) is 5.02 Å². The molecular formula is C21H32ClN3O2. The number of hydrogen-bond donors (Lipinski definition) is 2. The van der Waals surface area contributed by atoms with Gasteiger partial charge in [0.25, 0.3) is 0 Å². The third-order valence-electron chi connectivity index (χ3n) is 5.40. The van der Waals surface area contributed by atoms with Crippen molar-refractivity contribution in [3.05, 3.63) is 34.9 Å². The highest BCUT2D eigenvalue weighted by Crippen LogP contribution is 2.42. The molecule has 1 aromatic rings. The number of benzene rings is 1. The highest BCUT2D eigenvalue weighted by Gasteiger charge is 2.40. The van der Waals surface area contributed by atoms with Gasteiger partial charge in [-0.1, -0.05) is 51.4 Å². The van der Waals surface area contributed by atoms with Crippen LogP contribution in [0.1, 0.15) is 45.6 Å². The highest BCUT2D eigenvalue weighted by atomic mass is 35.5. The smallest absolute Gasteiger partial charge is 0.245 e. The fourth-order valence-electron chi connectivity index (χ4n) is 3.95. The molecule has 1 aliphatic rings. The van der Waals surface area contributed by atoms with Crippen LogP contribution in [0.25, 0.3) is 0 Å². The first-order chi connectivity index (χ1) is 12.7. The molecular weight excluding hydrogens is 362 g/mol. The predicted molar refractivity (Wildman–Crippen MR) is 110 cm³/mol. The number of carbonyl (C=O) groups excluding carboxylic acids is 2. The van der Waals surface area contributed by atoms with Crippen LogP contribution in [-0.2, 0) is 9.59 Å². The van der Waals surface area contributed by atoms with Crippen molar-refractivity contribution in [1.82, 2.24) is 15.5 Å². The molecule has 0 aliphatic carbocycles. The van der Waals surface area contributed by atoms with E-state index in [4.69, 9.17) is 11.6 Å². The molecule has 2 rings (SSSR count). The number of piperidine rings is 1. The predicted octanol–water partition coefficient (Wildman–Crippen LogP) is 3.04. The Balaban J connectivity index is 2.10. The monoisotopic (exact) mass is 393 g/mol. The summed E-state index contributed by atoms with van der Waals surface area (Å²) in [6.07, 6.45) is 0.898. The van der Waals surface area contributed by atoms with Gasteiger partial charge in [0.05, 0.1) is 6.54 Å². The lowest BCUT2D eigenvalue weighted by atomic mass is 9.70. The second-order valence-electron chi connectivity index (χ2n) is 8.46. The van der Waals surface area contributed by atoms with E-state index in [9.17, 15) is 9.59 Å². The minimum absolute atomic E-state index is 0.0112. The van der Waals surface area contributed by atoms with Crippen molar-refractivity contribution in [3.63, 3.8) is 0 Å². The third kappa shape index (κ3) is 5.45. The molecule has 6 heteroatoms. The van der Waals surface area contributed by atoms with E-state index in [0.717, 1.165) is 11.4 Å². The van der Waals surface area contributed by atoms with Crippen molar-refractivity contribution in [2.24, 2.45) is 11.3 Å². The van der Waals surface area contributed by atoms with E-state index in [0.29, 0.717) is 19.0 Å².